The molecule has 0 aliphatic carbocycles. The van der Waals surface area contributed by atoms with Crippen LogP contribution in [0.4, 0.5) is 0 Å². The highest BCUT2D eigenvalue weighted by molar-refractivity contribution is 7.85. The lowest BCUT2D eigenvalue weighted by Crippen LogP contribution is -2.24. The van der Waals surface area contributed by atoms with Gasteiger partial charge in [-0.25, -0.2) is 4.98 Å². The van der Waals surface area contributed by atoms with Crippen LogP contribution in [0.3, 0.4) is 0 Å². The Hall–Kier alpha value is -5.96. The number of nitrogens with zero attached hydrogens (tertiary/aromatic N) is 2. The van der Waals surface area contributed by atoms with Crippen LogP contribution in [0.15, 0.2) is 180 Å². The van der Waals surface area contributed by atoms with E-state index in [-0.39, 0.29) is 0 Å². The molecule has 2 heterocycles. The number of hydrogen-bond acceptors (Lipinski definition) is 3. The zero-order chi connectivity index (χ0) is 32.1. The van der Waals surface area contributed by atoms with Gasteiger partial charge in [0, 0.05) is 37.9 Å². The first-order chi connectivity index (χ1) is 23.7. The fourth-order valence-electron chi connectivity index (χ4n) is 6.74. The summed E-state index contributed by atoms with van der Waals surface area (Å²) in [5.41, 5.74) is 7.77. The molecule has 0 saturated carbocycles. The third-order valence-electron chi connectivity index (χ3n) is 9.09. The summed E-state index contributed by atoms with van der Waals surface area (Å²) in [6, 6.07) is 59.0. The number of benzene rings is 7. The minimum absolute atomic E-state index is 0.767. The van der Waals surface area contributed by atoms with Crippen LogP contribution in [-0.4, -0.2) is 9.55 Å². The Labute approximate surface area is 277 Å². The Morgan fingerprint density at radius 2 is 1.02 bits per heavy atom. The quantitative estimate of drug-likeness (QED) is 0.171. The van der Waals surface area contributed by atoms with Crippen molar-refractivity contribution in [3.05, 3.63) is 176 Å². The first-order valence-electron chi connectivity index (χ1n) is 16.0. The summed E-state index contributed by atoms with van der Waals surface area (Å²) in [7, 11) is -3.14. The summed E-state index contributed by atoms with van der Waals surface area (Å²) in [5, 5.41) is 4.32. The lowest BCUT2D eigenvalue weighted by atomic mass is 10.0. The van der Waals surface area contributed by atoms with Crippen molar-refractivity contribution in [2.24, 2.45) is 0 Å². The Kier molecular flexibility index (Phi) is 6.70. The Balaban J connectivity index is 1.19. The van der Waals surface area contributed by atoms with E-state index in [1.807, 2.05) is 103 Å². The van der Waals surface area contributed by atoms with Crippen LogP contribution in [0, 0.1) is 0 Å². The predicted molar refractivity (Wildman–Crippen MR) is 199 cm³/mol. The molecule has 9 aromatic rings. The smallest absolute Gasteiger partial charge is 0.171 e. The van der Waals surface area contributed by atoms with Crippen molar-refractivity contribution in [2.45, 2.75) is 0 Å². The second-order valence-corrected chi connectivity index (χ2v) is 14.7. The van der Waals surface area contributed by atoms with E-state index in [2.05, 4.69) is 77.4 Å². The highest BCUT2D eigenvalue weighted by Gasteiger charge is 2.30. The summed E-state index contributed by atoms with van der Waals surface area (Å²) < 4.78 is 23.7. The third-order valence-corrected chi connectivity index (χ3v) is 12.1. The molecule has 7 aromatic carbocycles. The lowest BCUT2D eigenvalue weighted by Gasteiger charge is -2.20. The zero-order valence-electron chi connectivity index (χ0n) is 25.9. The van der Waals surface area contributed by atoms with Gasteiger partial charge in [-0.2, -0.15) is 0 Å². The molecule has 5 heteroatoms. The van der Waals surface area contributed by atoms with Gasteiger partial charge in [0.2, 0.25) is 0 Å². The van der Waals surface area contributed by atoms with Gasteiger partial charge in [-0.05, 0) is 65.7 Å². The van der Waals surface area contributed by atoms with Crippen molar-refractivity contribution in [1.82, 2.24) is 9.55 Å². The van der Waals surface area contributed by atoms with Crippen molar-refractivity contribution >= 4 is 56.0 Å². The first-order valence-corrected chi connectivity index (χ1v) is 17.7. The van der Waals surface area contributed by atoms with Crippen LogP contribution in [0.25, 0.3) is 61.2 Å². The second kappa shape index (κ2) is 11.4. The minimum Gasteiger partial charge on any atom is -0.456 e. The topological polar surface area (TPSA) is 48.0 Å². The highest BCUT2D eigenvalue weighted by atomic mass is 31.2. The maximum Gasteiger partial charge on any atom is 0.171 e. The average molecular weight is 637 g/mol. The molecule has 4 nitrogen and oxygen atoms in total. The van der Waals surface area contributed by atoms with Crippen molar-refractivity contribution in [3.8, 4) is 28.2 Å². The SMILES string of the molecule is O=P(c1ccccc1)(c1ccccc1)c1ccc2oc3ccc(-c4ccc5c(c4)nc(-c4ccccc4)n5-c4ccccc4)cc3c2c1. The Morgan fingerprint density at radius 3 is 1.69 bits per heavy atom. The van der Waals surface area contributed by atoms with Crippen LogP contribution >= 0.6 is 7.14 Å². The number of imidazole rings is 1. The maximum absolute atomic E-state index is 15.1. The predicted octanol–water partition coefficient (Wildman–Crippen LogP) is 9.90. The molecule has 0 radical (unpaired) electrons. The Morgan fingerprint density at radius 1 is 0.479 bits per heavy atom. The van der Waals surface area contributed by atoms with E-state index in [4.69, 9.17) is 9.40 Å². The third kappa shape index (κ3) is 4.61. The van der Waals surface area contributed by atoms with Gasteiger partial charge >= 0.3 is 0 Å². The fourth-order valence-corrected chi connectivity index (χ4v) is 9.42. The molecule has 0 fully saturated rings. The van der Waals surface area contributed by atoms with E-state index in [0.29, 0.717) is 0 Å². The molecule has 9 rings (SSSR count). The van der Waals surface area contributed by atoms with Gasteiger partial charge in [0.25, 0.3) is 0 Å². The monoisotopic (exact) mass is 636 g/mol. The maximum atomic E-state index is 15.1. The van der Waals surface area contributed by atoms with Gasteiger partial charge in [-0.15, -0.1) is 0 Å². The van der Waals surface area contributed by atoms with Crippen LogP contribution in [0.5, 0.6) is 0 Å². The number of furan rings is 1. The van der Waals surface area contributed by atoms with Gasteiger partial charge in [-0.3, -0.25) is 4.57 Å². The molecule has 0 N–H and O–H groups in total. The molecule has 0 atom stereocenters. The van der Waals surface area contributed by atoms with Gasteiger partial charge in [-0.1, -0.05) is 121 Å². The van der Waals surface area contributed by atoms with Crippen LogP contribution in [-0.2, 0) is 4.57 Å². The second-order valence-electron chi connectivity index (χ2n) is 11.9. The first kappa shape index (κ1) is 28.3. The minimum atomic E-state index is -3.14. The van der Waals surface area contributed by atoms with Crippen molar-refractivity contribution in [2.75, 3.05) is 0 Å². The van der Waals surface area contributed by atoms with Crippen LogP contribution < -0.4 is 15.9 Å². The Bertz CT molecular complexity index is 2580. The number of para-hydroxylation sites is 1. The summed E-state index contributed by atoms with van der Waals surface area (Å²) in [5.74, 6) is 0.902. The number of fused-ring (bicyclic) bond motifs is 4. The van der Waals surface area contributed by atoms with Crippen molar-refractivity contribution < 1.29 is 8.98 Å². The molecule has 0 spiro atoms. The summed E-state index contributed by atoms with van der Waals surface area (Å²) >= 11 is 0. The van der Waals surface area contributed by atoms with Gasteiger partial charge < -0.3 is 8.98 Å². The van der Waals surface area contributed by atoms with E-state index < -0.39 is 7.14 Å². The molecule has 0 aliphatic rings. The van der Waals surface area contributed by atoms with E-state index in [9.17, 15) is 0 Å². The van der Waals surface area contributed by atoms with E-state index in [1.54, 1.807) is 0 Å². The standard InChI is InChI=1S/C43H29N2O2P/c46-48(34-17-9-3-10-18-34,35-19-11-4-12-20-35)36-23-26-42-38(29-36)37-27-31(22-25-41(37)47-42)32-21-24-40-39(28-32)44-43(30-13-5-1-6-14-30)45(40)33-15-7-2-8-16-33/h1-29H. The molecule has 2 aromatic heterocycles. The molecule has 0 amide bonds. The fraction of sp³-hybridized carbons (Fsp3) is 0. The zero-order valence-corrected chi connectivity index (χ0v) is 26.8. The molecule has 48 heavy (non-hydrogen) atoms. The van der Waals surface area contributed by atoms with E-state index >= 15 is 4.57 Å². The molecule has 0 aliphatic heterocycles. The van der Waals surface area contributed by atoms with Crippen LogP contribution in [0.1, 0.15) is 0 Å². The highest BCUT2D eigenvalue weighted by Crippen LogP contribution is 2.44. The molecular weight excluding hydrogens is 607 g/mol. The van der Waals surface area contributed by atoms with Crippen LogP contribution in [0.2, 0.25) is 0 Å². The van der Waals surface area contributed by atoms with Crippen molar-refractivity contribution in [3.63, 3.8) is 0 Å². The number of hydrogen-bond donors (Lipinski definition) is 0. The number of aromatic nitrogens is 2. The largest absolute Gasteiger partial charge is 0.456 e. The molecule has 0 unspecified atom stereocenters. The molecular formula is C43H29N2O2P. The van der Waals surface area contributed by atoms with Gasteiger partial charge in [0.15, 0.2) is 7.14 Å². The molecule has 0 bridgehead atoms. The van der Waals surface area contributed by atoms with E-state index in [1.165, 1.54) is 0 Å². The summed E-state index contributed by atoms with van der Waals surface area (Å²) in [4.78, 5) is 5.16. The molecule has 0 saturated heterocycles. The van der Waals surface area contributed by atoms with Gasteiger partial charge in [0.1, 0.15) is 17.0 Å². The summed E-state index contributed by atoms with van der Waals surface area (Å²) in [6.07, 6.45) is 0. The lowest BCUT2D eigenvalue weighted by molar-refractivity contribution is 0.592. The summed E-state index contributed by atoms with van der Waals surface area (Å²) in [6.45, 7) is 0. The van der Waals surface area contributed by atoms with Gasteiger partial charge in [0.05, 0.1) is 11.0 Å². The number of rotatable bonds is 6. The normalized spacial score (nSPS) is 11.8. The average Bonchev–Trinajstić information content (AvgIpc) is 3.73. The molecule has 228 valence electrons. The van der Waals surface area contributed by atoms with Crippen molar-refractivity contribution in [1.29, 1.82) is 0 Å². The van der Waals surface area contributed by atoms with E-state index in [0.717, 1.165) is 77.1 Å².